The lowest BCUT2D eigenvalue weighted by molar-refractivity contribution is 0.245. The van der Waals surface area contributed by atoms with Crippen molar-refractivity contribution in [3.63, 3.8) is 0 Å². The van der Waals surface area contributed by atoms with Crippen LogP contribution in [-0.2, 0) is 6.61 Å². The van der Waals surface area contributed by atoms with Gasteiger partial charge in [-0.15, -0.1) is 0 Å². The largest absolute Gasteiger partial charge is 0.496 e. The van der Waals surface area contributed by atoms with Gasteiger partial charge in [-0.3, -0.25) is 0 Å². The standard InChI is InChI=1S/C15H17BrO3/c1-9(2)19-12-6-4-5-11-14(12)13(18-3)7-10(8-17)15(11)16/h4-7,9,17H,8H2,1-3H3. The van der Waals surface area contributed by atoms with Crippen molar-refractivity contribution in [2.45, 2.75) is 26.6 Å². The first-order valence-corrected chi connectivity index (χ1v) is 6.93. The van der Waals surface area contributed by atoms with Gasteiger partial charge in [-0.2, -0.15) is 0 Å². The molecule has 0 saturated carbocycles. The van der Waals surface area contributed by atoms with Crippen LogP contribution in [0.3, 0.4) is 0 Å². The normalized spacial score (nSPS) is 11.1. The molecule has 0 spiro atoms. The second kappa shape index (κ2) is 5.80. The van der Waals surface area contributed by atoms with Gasteiger partial charge in [0.1, 0.15) is 11.5 Å². The Morgan fingerprint density at radius 1 is 1.26 bits per heavy atom. The fourth-order valence-corrected chi connectivity index (χ4v) is 2.63. The molecule has 0 atom stereocenters. The molecule has 2 rings (SSSR count). The highest BCUT2D eigenvalue weighted by Gasteiger charge is 2.15. The van der Waals surface area contributed by atoms with Gasteiger partial charge in [-0.25, -0.2) is 0 Å². The van der Waals surface area contributed by atoms with Crippen LogP contribution in [0.15, 0.2) is 28.7 Å². The number of ether oxygens (including phenoxy) is 2. The van der Waals surface area contributed by atoms with Crippen molar-refractivity contribution in [1.29, 1.82) is 0 Å². The third kappa shape index (κ3) is 2.69. The number of aliphatic hydroxyl groups is 1. The highest BCUT2D eigenvalue weighted by molar-refractivity contribution is 9.10. The minimum atomic E-state index is -0.0395. The first-order chi connectivity index (χ1) is 9.08. The summed E-state index contributed by atoms with van der Waals surface area (Å²) in [7, 11) is 1.62. The van der Waals surface area contributed by atoms with Crippen molar-refractivity contribution >= 4 is 26.7 Å². The topological polar surface area (TPSA) is 38.7 Å². The smallest absolute Gasteiger partial charge is 0.131 e. The molecule has 3 nitrogen and oxygen atoms in total. The zero-order valence-corrected chi connectivity index (χ0v) is 12.8. The molecule has 1 N–H and O–H groups in total. The molecule has 0 aliphatic rings. The van der Waals surface area contributed by atoms with Crippen LogP contribution < -0.4 is 9.47 Å². The summed E-state index contributed by atoms with van der Waals surface area (Å²) in [6.07, 6.45) is 0.0894. The van der Waals surface area contributed by atoms with E-state index in [1.54, 1.807) is 7.11 Å². The van der Waals surface area contributed by atoms with Gasteiger partial charge in [0.2, 0.25) is 0 Å². The van der Waals surface area contributed by atoms with Crippen LogP contribution in [0.25, 0.3) is 10.8 Å². The molecule has 0 aromatic heterocycles. The van der Waals surface area contributed by atoms with E-state index in [0.717, 1.165) is 26.6 Å². The summed E-state index contributed by atoms with van der Waals surface area (Å²) in [5.74, 6) is 1.49. The SMILES string of the molecule is COc1cc(CO)c(Br)c2cccc(OC(C)C)c12. The number of halogens is 1. The lowest BCUT2D eigenvalue weighted by atomic mass is 10.0. The number of benzene rings is 2. The fourth-order valence-electron chi connectivity index (χ4n) is 2.06. The van der Waals surface area contributed by atoms with Crippen LogP contribution in [-0.4, -0.2) is 18.3 Å². The van der Waals surface area contributed by atoms with Crippen molar-refractivity contribution < 1.29 is 14.6 Å². The molecule has 0 aliphatic carbocycles. The van der Waals surface area contributed by atoms with E-state index in [9.17, 15) is 5.11 Å². The first kappa shape index (κ1) is 14.2. The zero-order valence-electron chi connectivity index (χ0n) is 11.2. The van der Waals surface area contributed by atoms with Crippen LogP contribution >= 0.6 is 15.9 Å². The minimum Gasteiger partial charge on any atom is -0.496 e. The summed E-state index contributed by atoms with van der Waals surface area (Å²) < 4.78 is 12.1. The van der Waals surface area contributed by atoms with Crippen LogP contribution in [0.4, 0.5) is 0 Å². The van der Waals surface area contributed by atoms with E-state index in [-0.39, 0.29) is 12.7 Å². The van der Waals surface area contributed by atoms with E-state index in [0.29, 0.717) is 5.75 Å². The van der Waals surface area contributed by atoms with Crippen LogP contribution in [0.2, 0.25) is 0 Å². The highest BCUT2D eigenvalue weighted by atomic mass is 79.9. The molecule has 102 valence electrons. The molecule has 0 radical (unpaired) electrons. The maximum atomic E-state index is 9.40. The summed E-state index contributed by atoms with van der Waals surface area (Å²) >= 11 is 3.53. The van der Waals surface area contributed by atoms with Crippen molar-refractivity contribution in [2.24, 2.45) is 0 Å². The minimum absolute atomic E-state index is 0.0395. The molecule has 2 aromatic carbocycles. The maximum Gasteiger partial charge on any atom is 0.131 e. The molecule has 0 unspecified atom stereocenters. The molecule has 0 bridgehead atoms. The summed E-state index contributed by atoms with van der Waals surface area (Å²) in [6.45, 7) is 3.94. The van der Waals surface area contributed by atoms with Gasteiger partial charge in [-0.05, 0) is 47.5 Å². The second-order valence-electron chi connectivity index (χ2n) is 4.56. The Hall–Kier alpha value is -1.26. The van der Waals surface area contributed by atoms with Crippen molar-refractivity contribution in [1.82, 2.24) is 0 Å². The Kier molecular flexibility index (Phi) is 4.32. The molecule has 0 heterocycles. The van der Waals surface area contributed by atoms with Crippen molar-refractivity contribution in [2.75, 3.05) is 7.11 Å². The maximum absolute atomic E-state index is 9.40. The van der Waals surface area contributed by atoms with Crippen LogP contribution in [0.1, 0.15) is 19.4 Å². The van der Waals surface area contributed by atoms with E-state index in [4.69, 9.17) is 9.47 Å². The van der Waals surface area contributed by atoms with Gasteiger partial charge in [0.25, 0.3) is 0 Å². The first-order valence-electron chi connectivity index (χ1n) is 6.14. The van der Waals surface area contributed by atoms with Crippen LogP contribution in [0, 0.1) is 0 Å². The second-order valence-corrected chi connectivity index (χ2v) is 5.35. The Morgan fingerprint density at radius 2 is 2.00 bits per heavy atom. The lowest BCUT2D eigenvalue weighted by Gasteiger charge is -2.17. The van der Waals surface area contributed by atoms with Gasteiger partial charge in [0, 0.05) is 9.86 Å². The Morgan fingerprint density at radius 3 is 2.58 bits per heavy atom. The molecule has 0 saturated heterocycles. The molecule has 0 fully saturated rings. The molecule has 0 aliphatic heterocycles. The number of fused-ring (bicyclic) bond motifs is 1. The van der Waals surface area contributed by atoms with E-state index >= 15 is 0 Å². The molecule has 0 amide bonds. The van der Waals surface area contributed by atoms with Crippen molar-refractivity contribution in [3.8, 4) is 11.5 Å². The highest BCUT2D eigenvalue weighted by Crippen LogP contribution is 2.40. The third-order valence-corrected chi connectivity index (χ3v) is 3.79. The molecular weight excluding hydrogens is 308 g/mol. The molecular formula is C15H17BrO3. The average Bonchev–Trinajstić information content (AvgIpc) is 2.39. The Balaban J connectivity index is 2.77. The van der Waals surface area contributed by atoms with Gasteiger partial charge >= 0.3 is 0 Å². The quantitative estimate of drug-likeness (QED) is 0.927. The fraction of sp³-hybridized carbons (Fsp3) is 0.333. The number of aliphatic hydroxyl groups excluding tert-OH is 1. The number of hydrogen-bond donors (Lipinski definition) is 1. The molecule has 2 aromatic rings. The summed E-state index contributed by atoms with van der Waals surface area (Å²) in [5, 5.41) is 11.3. The summed E-state index contributed by atoms with van der Waals surface area (Å²) in [4.78, 5) is 0. The zero-order chi connectivity index (χ0) is 14.0. The average molecular weight is 325 g/mol. The van der Waals surface area contributed by atoms with Gasteiger partial charge in [-0.1, -0.05) is 12.1 Å². The number of rotatable bonds is 4. The Bertz CT molecular complexity index is 593. The van der Waals surface area contributed by atoms with E-state index in [2.05, 4.69) is 15.9 Å². The van der Waals surface area contributed by atoms with Gasteiger partial charge in [0.15, 0.2) is 0 Å². The monoisotopic (exact) mass is 324 g/mol. The summed E-state index contributed by atoms with van der Waals surface area (Å²) in [5.41, 5.74) is 0.797. The number of hydrogen-bond acceptors (Lipinski definition) is 3. The number of methoxy groups -OCH3 is 1. The molecule has 19 heavy (non-hydrogen) atoms. The van der Waals surface area contributed by atoms with Crippen molar-refractivity contribution in [3.05, 3.63) is 34.3 Å². The van der Waals surface area contributed by atoms with E-state index < -0.39 is 0 Å². The molecule has 4 heteroatoms. The predicted octanol–water partition coefficient (Wildman–Crippen LogP) is 3.89. The van der Waals surface area contributed by atoms with Gasteiger partial charge < -0.3 is 14.6 Å². The Labute approximate surface area is 121 Å². The van der Waals surface area contributed by atoms with Crippen LogP contribution in [0.5, 0.6) is 11.5 Å². The summed E-state index contributed by atoms with van der Waals surface area (Å²) in [6, 6.07) is 7.68. The predicted molar refractivity (Wildman–Crippen MR) is 79.9 cm³/mol. The lowest BCUT2D eigenvalue weighted by Crippen LogP contribution is -2.06. The van der Waals surface area contributed by atoms with E-state index in [1.165, 1.54) is 0 Å². The third-order valence-electron chi connectivity index (χ3n) is 2.85. The van der Waals surface area contributed by atoms with Gasteiger partial charge in [0.05, 0.1) is 25.2 Å². The van der Waals surface area contributed by atoms with E-state index in [1.807, 2.05) is 38.1 Å².